The zero-order valence-electron chi connectivity index (χ0n) is 18.8. The van der Waals surface area contributed by atoms with E-state index in [4.69, 9.17) is 9.72 Å². The highest BCUT2D eigenvalue weighted by Crippen LogP contribution is 2.32. The molecule has 0 spiro atoms. The number of nitrogens with one attached hydrogen (secondary N) is 1. The number of ether oxygens (including phenoxy) is 1. The van der Waals surface area contributed by atoms with E-state index in [0.29, 0.717) is 26.1 Å². The molecule has 2 aromatic rings. The molecular formula is C25H34FN3O3. The van der Waals surface area contributed by atoms with Crippen molar-refractivity contribution in [2.45, 2.75) is 63.9 Å². The Labute approximate surface area is 189 Å². The fraction of sp³-hybridized carbons (Fsp3) is 0.560. The van der Waals surface area contributed by atoms with Crippen molar-refractivity contribution in [3.63, 3.8) is 0 Å². The van der Waals surface area contributed by atoms with Gasteiger partial charge in [-0.1, -0.05) is 19.1 Å². The van der Waals surface area contributed by atoms with Gasteiger partial charge in [-0.15, -0.1) is 0 Å². The van der Waals surface area contributed by atoms with Crippen molar-refractivity contribution >= 4 is 5.82 Å². The van der Waals surface area contributed by atoms with Crippen LogP contribution in [0.25, 0.3) is 0 Å². The number of anilines is 1. The number of aryl methyl sites for hydroxylation is 3. The molecule has 2 aliphatic rings. The van der Waals surface area contributed by atoms with Gasteiger partial charge in [0.2, 0.25) is 0 Å². The smallest absolute Gasteiger partial charge is 0.171 e. The molecule has 174 valence electrons. The second kappa shape index (κ2) is 10.7. The van der Waals surface area contributed by atoms with Crippen molar-refractivity contribution in [1.29, 1.82) is 0 Å². The Morgan fingerprint density at radius 1 is 1.22 bits per heavy atom. The van der Waals surface area contributed by atoms with Crippen LogP contribution in [0.1, 0.15) is 54.6 Å². The highest BCUT2D eigenvalue weighted by atomic mass is 19.1. The molecule has 1 aromatic heterocycles. The van der Waals surface area contributed by atoms with Crippen LogP contribution in [-0.4, -0.2) is 58.7 Å². The number of aliphatic hydroxyl groups excluding tert-OH is 1. The molecule has 0 radical (unpaired) electrons. The second-order valence-electron chi connectivity index (χ2n) is 8.80. The van der Waals surface area contributed by atoms with Crippen LogP contribution in [0.2, 0.25) is 0 Å². The Balaban J connectivity index is 1.19. The first-order valence-electron chi connectivity index (χ1n) is 11.8. The lowest BCUT2D eigenvalue weighted by Gasteiger charge is -2.45. The van der Waals surface area contributed by atoms with E-state index in [2.05, 4.69) is 17.4 Å². The SMILES string of the molecule is CCc1cc(F)ccc1[C@@H](C(O)O)N1CC(OCCCCc2ccc3c(n2)NCCC3)C1. The van der Waals surface area contributed by atoms with Gasteiger partial charge in [0.25, 0.3) is 0 Å². The molecular weight excluding hydrogens is 409 g/mol. The van der Waals surface area contributed by atoms with Crippen LogP contribution in [0, 0.1) is 5.82 Å². The summed E-state index contributed by atoms with van der Waals surface area (Å²) in [4.78, 5) is 6.73. The van der Waals surface area contributed by atoms with Gasteiger partial charge in [-0.25, -0.2) is 9.37 Å². The molecule has 1 atom stereocenters. The van der Waals surface area contributed by atoms with E-state index in [9.17, 15) is 14.6 Å². The second-order valence-corrected chi connectivity index (χ2v) is 8.80. The summed E-state index contributed by atoms with van der Waals surface area (Å²) in [5.41, 5.74) is 4.02. The van der Waals surface area contributed by atoms with Gasteiger partial charge in [0, 0.05) is 31.9 Å². The van der Waals surface area contributed by atoms with Gasteiger partial charge in [0.15, 0.2) is 6.29 Å². The molecule has 0 bridgehead atoms. The molecule has 3 N–H and O–H groups in total. The minimum Gasteiger partial charge on any atom is -0.376 e. The monoisotopic (exact) mass is 443 g/mol. The lowest BCUT2D eigenvalue weighted by molar-refractivity contribution is -0.150. The summed E-state index contributed by atoms with van der Waals surface area (Å²) in [6.07, 6.45) is 4.42. The number of likely N-dealkylation sites (tertiary alicyclic amines) is 1. The van der Waals surface area contributed by atoms with Crippen LogP contribution >= 0.6 is 0 Å². The van der Waals surface area contributed by atoms with Crippen LogP contribution in [0.5, 0.6) is 0 Å². The summed E-state index contributed by atoms with van der Waals surface area (Å²) in [7, 11) is 0. The van der Waals surface area contributed by atoms with Gasteiger partial charge in [-0.3, -0.25) is 4.90 Å². The average Bonchev–Trinajstić information content (AvgIpc) is 2.77. The number of halogens is 1. The van der Waals surface area contributed by atoms with Crippen LogP contribution in [-0.2, 0) is 24.0 Å². The Morgan fingerprint density at radius 3 is 2.84 bits per heavy atom. The maximum Gasteiger partial charge on any atom is 0.171 e. The summed E-state index contributed by atoms with van der Waals surface area (Å²) in [5.74, 6) is 0.746. The maximum atomic E-state index is 13.6. The summed E-state index contributed by atoms with van der Waals surface area (Å²) in [6, 6.07) is 8.29. The summed E-state index contributed by atoms with van der Waals surface area (Å²) >= 11 is 0. The Kier molecular flexibility index (Phi) is 7.73. The number of hydrogen-bond acceptors (Lipinski definition) is 6. The van der Waals surface area contributed by atoms with Gasteiger partial charge in [-0.05, 0) is 73.4 Å². The summed E-state index contributed by atoms with van der Waals surface area (Å²) in [6.45, 7) is 4.91. The molecule has 0 aliphatic carbocycles. The average molecular weight is 444 g/mol. The number of benzene rings is 1. The molecule has 0 saturated carbocycles. The molecule has 1 aromatic carbocycles. The number of aromatic nitrogens is 1. The Hall–Kier alpha value is -2.06. The molecule has 3 heterocycles. The third-order valence-electron chi connectivity index (χ3n) is 6.49. The first-order chi connectivity index (χ1) is 15.5. The van der Waals surface area contributed by atoms with E-state index in [1.165, 1.54) is 24.1 Å². The third-order valence-corrected chi connectivity index (χ3v) is 6.49. The number of rotatable bonds is 10. The molecule has 4 rings (SSSR count). The van der Waals surface area contributed by atoms with Crippen molar-refractivity contribution in [2.75, 3.05) is 31.6 Å². The van der Waals surface area contributed by atoms with Crippen molar-refractivity contribution in [3.05, 3.63) is 58.5 Å². The van der Waals surface area contributed by atoms with Crippen LogP contribution < -0.4 is 5.32 Å². The minimum absolute atomic E-state index is 0.0906. The predicted octanol–water partition coefficient (Wildman–Crippen LogP) is 3.22. The first kappa shape index (κ1) is 23.1. The molecule has 32 heavy (non-hydrogen) atoms. The molecule has 1 saturated heterocycles. The van der Waals surface area contributed by atoms with Gasteiger partial charge in [-0.2, -0.15) is 0 Å². The van der Waals surface area contributed by atoms with E-state index in [-0.39, 0.29) is 11.9 Å². The number of aliphatic hydroxyl groups is 2. The van der Waals surface area contributed by atoms with Gasteiger partial charge in [0.1, 0.15) is 11.6 Å². The highest BCUT2D eigenvalue weighted by Gasteiger charge is 2.37. The summed E-state index contributed by atoms with van der Waals surface area (Å²) in [5, 5.41) is 23.3. The van der Waals surface area contributed by atoms with E-state index in [1.54, 1.807) is 6.07 Å². The van der Waals surface area contributed by atoms with Crippen LogP contribution in [0.15, 0.2) is 30.3 Å². The van der Waals surface area contributed by atoms with Crippen molar-refractivity contribution in [3.8, 4) is 0 Å². The fourth-order valence-electron chi connectivity index (χ4n) is 4.68. The van der Waals surface area contributed by atoms with E-state index in [1.807, 2.05) is 11.8 Å². The van der Waals surface area contributed by atoms with Crippen molar-refractivity contribution in [2.24, 2.45) is 0 Å². The predicted molar refractivity (Wildman–Crippen MR) is 122 cm³/mol. The number of fused-ring (bicyclic) bond motifs is 1. The van der Waals surface area contributed by atoms with Gasteiger partial charge < -0.3 is 20.3 Å². The lowest BCUT2D eigenvalue weighted by Crippen LogP contribution is -2.56. The maximum absolute atomic E-state index is 13.6. The van der Waals surface area contributed by atoms with E-state index >= 15 is 0 Å². The fourth-order valence-corrected chi connectivity index (χ4v) is 4.68. The van der Waals surface area contributed by atoms with Crippen molar-refractivity contribution < 1.29 is 19.3 Å². The quantitative estimate of drug-likeness (QED) is 0.387. The molecule has 6 nitrogen and oxygen atoms in total. The zero-order chi connectivity index (χ0) is 22.5. The standard InChI is InChI=1S/C25H34FN3O3/c1-2-17-14-19(26)9-11-22(17)23(25(30)31)29-15-21(16-29)32-13-4-3-7-20-10-8-18-6-5-12-27-24(18)28-20/h8-11,14,21,23,25,30-31H,2-7,12-13,15-16H2,1H3,(H,27,28)/t23-/m0/s1. The Morgan fingerprint density at radius 2 is 2.06 bits per heavy atom. The largest absolute Gasteiger partial charge is 0.376 e. The van der Waals surface area contributed by atoms with E-state index in [0.717, 1.165) is 54.9 Å². The minimum atomic E-state index is -1.52. The number of hydrogen-bond donors (Lipinski definition) is 3. The Bertz CT molecular complexity index is 902. The highest BCUT2D eigenvalue weighted by molar-refractivity contribution is 5.47. The van der Waals surface area contributed by atoms with Gasteiger partial charge >= 0.3 is 0 Å². The van der Waals surface area contributed by atoms with Crippen LogP contribution in [0.4, 0.5) is 10.2 Å². The first-order valence-corrected chi connectivity index (χ1v) is 11.8. The molecule has 2 aliphatic heterocycles. The normalized spacial score (nSPS) is 17.7. The topological polar surface area (TPSA) is 77.9 Å². The van der Waals surface area contributed by atoms with Crippen LogP contribution in [0.3, 0.4) is 0 Å². The number of unbranched alkanes of at least 4 members (excludes halogenated alkanes) is 1. The summed E-state index contributed by atoms with van der Waals surface area (Å²) < 4.78 is 19.6. The molecule has 1 fully saturated rings. The van der Waals surface area contributed by atoms with Crippen molar-refractivity contribution in [1.82, 2.24) is 9.88 Å². The zero-order valence-corrected chi connectivity index (χ0v) is 18.8. The number of nitrogens with zero attached hydrogens (tertiary/aromatic N) is 2. The molecule has 0 amide bonds. The van der Waals surface area contributed by atoms with E-state index < -0.39 is 12.3 Å². The lowest BCUT2D eigenvalue weighted by atomic mass is 9.94. The van der Waals surface area contributed by atoms with Gasteiger partial charge in [0.05, 0.1) is 12.1 Å². The molecule has 7 heteroatoms. The third kappa shape index (κ3) is 5.46. The molecule has 0 unspecified atom stereocenters. The number of pyridine rings is 1.